The highest BCUT2D eigenvalue weighted by molar-refractivity contribution is 5.70. The van der Waals surface area contributed by atoms with Crippen LogP contribution in [0.5, 0.6) is 11.5 Å². The predicted octanol–water partition coefficient (Wildman–Crippen LogP) is 2.36. The average molecular weight is 297 g/mol. The number of rotatable bonds is 5. The maximum absolute atomic E-state index is 14.3. The van der Waals surface area contributed by atoms with Gasteiger partial charge in [0.25, 0.3) is 0 Å². The number of aliphatic carboxylic acids is 1. The fourth-order valence-electron chi connectivity index (χ4n) is 2.48. The number of ether oxygens (including phenoxy) is 2. The molecule has 0 bridgehead atoms. The lowest BCUT2D eigenvalue weighted by Crippen LogP contribution is -2.18. The molecular formula is C15H20FNO4. The zero-order valence-electron chi connectivity index (χ0n) is 12.4. The second-order valence-electron chi connectivity index (χ2n) is 5.42. The molecule has 0 saturated carbocycles. The summed E-state index contributed by atoms with van der Waals surface area (Å²) in [6, 6.07) is 2.55. The minimum atomic E-state index is -0.864. The highest BCUT2D eigenvalue weighted by Crippen LogP contribution is 2.36. The highest BCUT2D eigenvalue weighted by atomic mass is 19.1. The van der Waals surface area contributed by atoms with Gasteiger partial charge in [0.15, 0.2) is 11.5 Å². The van der Waals surface area contributed by atoms with Gasteiger partial charge < -0.3 is 19.9 Å². The Morgan fingerprint density at radius 2 is 2.14 bits per heavy atom. The Morgan fingerprint density at radius 3 is 2.67 bits per heavy atom. The van der Waals surface area contributed by atoms with Crippen LogP contribution in [-0.4, -0.2) is 30.8 Å². The second-order valence-corrected chi connectivity index (χ2v) is 5.42. The van der Waals surface area contributed by atoms with E-state index in [4.69, 9.17) is 14.6 Å². The first-order valence-electron chi connectivity index (χ1n) is 6.92. The van der Waals surface area contributed by atoms with Gasteiger partial charge in [-0.05, 0) is 26.3 Å². The van der Waals surface area contributed by atoms with E-state index in [1.54, 1.807) is 6.07 Å². The van der Waals surface area contributed by atoms with E-state index in [1.165, 1.54) is 13.2 Å². The quantitative estimate of drug-likeness (QED) is 0.873. The Labute approximate surface area is 123 Å². The Morgan fingerprint density at radius 1 is 1.43 bits per heavy atom. The molecule has 1 heterocycles. The molecule has 2 unspecified atom stereocenters. The summed E-state index contributed by atoms with van der Waals surface area (Å²) in [5, 5.41) is 12.1. The molecule has 116 valence electrons. The number of carboxylic acids is 1. The van der Waals surface area contributed by atoms with Gasteiger partial charge in [-0.3, -0.25) is 4.79 Å². The highest BCUT2D eigenvalue weighted by Gasteiger charge is 2.32. The van der Waals surface area contributed by atoms with Gasteiger partial charge in [-0.2, -0.15) is 0 Å². The van der Waals surface area contributed by atoms with Crippen LogP contribution in [0.3, 0.4) is 0 Å². The molecule has 1 aromatic rings. The summed E-state index contributed by atoms with van der Waals surface area (Å²) >= 11 is 0. The number of carboxylic acid groups (broad SMARTS) is 1. The predicted molar refractivity (Wildman–Crippen MR) is 75.2 cm³/mol. The van der Waals surface area contributed by atoms with E-state index in [1.807, 2.05) is 13.8 Å². The molecule has 1 aliphatic rings. The fourth-order valence-corrected chi connectivity index (χ4v) is 2.48. The van der Waals surface area contributed by atoms with Crippen LogP contribution >= 0.6 is 0 Å². The topological polar surface area (TPSA) is 67.8 Å². The summed E-state index contributed by atoms with van der Waals surface area (Å²) in [7, 11) is 1.49. The molecule has 1 saturated heterocycles. The van der Waals surface area contributed by atoms with E-state index < -0.39 is 17.7 Å². The summed E-state index contributed by atoms with van der Waals surface area (Å²) < 4.78 is 25.0. The number of nitrogens with one attached hydrogen (secondary N) is 1. The first kappa shape index (κ1) is 15.6. The van der Waals surface area contributed by atoms with E-state index >= 15 is 0 Å². The largest absolute Gasteiger partial charge is 0.493 e. The number of benzene rings is 1. The van der Waals surface area contributed by atoms with Crippen molar-refractivity contribution >= 4 is 5.97 Å². The SMILES string of the molecule is COc1cc(C2CC(C(=O)O)CN2)c(F)cc1OC(C)C. The normalized spacial score (nSPS) is 21.6. The summed E-state index contributed by atoms with van der Waals surface area (Å²) in [5.41, 5.74) is 0.409. The summed E-state index contributed by atoms with van der Waals surface area (Å²) in [5.74, 6) is -0.985. The number of methoxy groups -OCH3 is 1. The van der Waals surface area contributed by atoms with Crippen LogP contribution in [0.2, 0.25) is 0 Å². The van der Waals surface area contributed by atoms with Crippen LogP contribution in [0.15, 0.2) is 12.1 Å². The van der Waals surface area contributed by atoms with E-state index in [0.29, 0.717) is 30.0 Å². The van der Waals surface area contributed by atoms with Crippen LogP contribution in [0, 0.1) is 11.7 Å². The lowest BCUT2D eigenvalue weighted by molar-refractivity contribution is -0.141. The monoisotopic (exact) mass is 297 g/mol. The van der Waals surface area contributed by atoms with Crippen molar-refractivity contribution in [1.29, 1.82) is 0 Å². The minimum Gasteiger partial charge on any atom is -0.493 e. The Kier molecular flexibility index (Phi) is 4.67. The molecule has 6 heteroatoms. The standard InChI is InChI=1S/C15H20FNO4/c1-8(2)21-14-6-11(16)10(5-13(14)20-3)12-4-9(7-17-12)15(18)19/h5-6,8-9,12,17H,4,7H2,1-3H3,(H,18,19). The average Bonchev–Trinajstić information content (AvgIpc) is 2.88. The van der Waals surface area contributed by atoms with Gasteiger partial charge in [0.05, 0.1) is 19.1 Å². The molecule has 0 amide bonds. The number of halogens is 1. The molecule has 0 radical (unpaired) electrons. The molecule has 0 aliphatic carbocycles. The van der Waals surface area contributed by atoms with Gasteiger partial charge in [-0.15, -0.1) is 0 Å². The molecule has 0 spiro atoms. The Hall–Kier alpha value is -1.82. The maximum atomic E-state index is 14.3. The Bertz CT molecular complexity index is 533. The van der Waals surface area contributed by atoms with E-state index in [2.05, 4.69) is 5.32 Å². The third kappa shape index (κ3) is 3.44. The van der Waals surface area contributed by atoms with Crippen molar-refractivity contribution in [3.63, 3.8) is 0 Å². The van der Waals surface area contributed by atoms with Gasteiger partial charge >= 0.3 is 5.97 Å². The number of carbonyl (C=O) groups is 1. The molecule has 21 heavy (non-hydrogen) atoms. The summed E-state index contributed by atoms with van der Waals surface area (Å²) in [6.45, 7) is 4.04. The van der Waals surface area contributed by atoms with Crippen molar-refractivity contribution in [3.8, 4) is 11.5 Å². The molecule has 2 N–H and O–H groups in total. The zero-order valence-corrected chi connectivity index (χ0v) is 12.4. The number of hydrogen-bond acceptors (Lipinski definition) is 4. The first-order valence-corrected chi connectivity index (χ1v) is 6.92. The fraction of sp³-hybridized carbons (Fsp3) is 0.533. The van der Waals surface area contributed by atoms with Crippen LogP contribution in [0.1, 0.15) is 31.9 Å². The lowest BCUT2D eigenvalue weighted by Gasteiger charge is -2.18. The van der Waals surface area contributed by atoms with Crippen molar-refractivity contribution in [1.82, 2.24) is 5.32 Å². The molecular weight excluding hydrogens is 277 g/mol. The summed E-state index contributed by atoms with van der Waals surface area (Å²) in [6.07, 6.45) is 0.268. The second kappa shape index (κ2) is 6.30. The van der Waals surface area contributed by atoms with Gasteiger partial charge in [-0.1, -0.05) is 0 Å². The van der Waals surface area contributed by atoms with Crippen LogP contribution in [0.4, 0.5) is 4.39 Å². The molecule has 2 rings (SSSR count). The van der Waals surface area contributed by atoms with Crippen molar-refractivity contribution in [3.05, 3.63) is 23.5 Å². The van der Waals surface area contributed by atoms with E-state index in [-0.39, 0.29) is 12.1 Å². The van der Waals surface area contributed by atoms with Crippen LogP contribution < -0.4 is 14.8 Å². The Balaban J connectivity index is 2.27. The first-order chi connectivity index (χ1) is 9.92. The van der Waals surface area contributed by atoms with Gasteiger partial charge in [0.2, 0.25) is 0 Å². The van der Waals surface area contributed by atoms with Crippen molar-refractivity contribution in [2.24, 2.45) is 5.92 Å². The van der Waals surface area contributed by atoms with Gasteiger partial charge in [0.1, 0.15) is 5.82 Å². The lowest BCUT2D eigenvalue weighted by atomic mass is 9.99. The van der Waals surface area contributed by atoms with Gasteiger partial charge in [-0.25, -0.2) is 4.39 Å². The number of hydrogen-bond donors (Lipinski definition) is 2. The van der Waals surface area contributed by atoms with Crippen LogP contribution in [0.25, 0.3) is 0 Å². The summed E-state index contributed by atoms with van der Waals surface area (Å²) in [4.78, 5) is 11.0. The van der Waals surface area contributed by atoms with Crippen molar-refractivity contribution in [2.45, 2.75) is 32.4 Å². The molecule has 5 nitrogen and oxygen atoms in total. The zero-order chi connectivity index (χ0) is 15.6. The molecule has 0 aromatic heterocycles. The smallest absolute Gasteiger partial charge is 0.307 e. The third-order valence-electron chi connectivity index (χ3n) is 3.50. The molecule has 1 aliphatic heterocycles. The van der Waals surface area contributed by atoms with E-state index in [9.17, 15) is 9.18 Å². The van der Waals surface area contributed by atoms with Crippen LogP contribution in [-0.2, 0) is 4.79 Å². The minimum absolute atomic E-state index is 0.0925. The van der Waals surface area contributed by atoms with Crippen molar-refractivity contribution < 1.29 is 23.8 Å². The molecule has 2 atom stereocenters. The molecule has 1 aromatic carbocycles. The molecule has 1 fully saturated rings. The third-order valence-corrected chi connectivity index (χ3v) is 3.50. The van der Waals surface area contributed by atoms with Gasteiger partial charge in [0, 0.05) is 24.2 Å². The van der Waals surface area contributed by atoms with Crippen molar-refractivity contribution in [2.75, 3.05) is 13.7 Å². The van der Waals surface area contributed by atoms with E-state index in [0.717, 1.165) is 0 Å². The maximum Gasteiger partial charge on any atom is 0.307 e.